The van der Waals surface area contributed by atoms with Crippen LogP contribution < -0.4 is 16.4 Å². The first-order chi connectivity index (χ1) is 13.9. The zero-order valence-electron chi connectivity index (χ0n) is 16.2. The molecule has 0 unspecified atom stereocenters. The molecule has 1 atom stereocenters. The summed E-state index contributed by atoms with van der Waals surface area (Å²) in [6.45, 7) is 2.23. The minimum absolute atomic E-state index is 0.0453. The zero-order valence-corrected chi connectivity index (χ0v) is 17.8. The Morgan fingerprint density at radius 2 is 2.00 bits per heavy atom. The standard InChI is InChI=1S/C20H25BrFN5O2/c1-2-24-14(9-10-23)19(28)27-17(16(11-3-4-11)12-5-6-12)20(29)26-15-8-7-13(21)18(22)25-15/h7-12,16-17H,2-6,23H2,1H3,(H,27,28)(H,25,26,29)/t17-/m0/s1. The van der Waals surface area contributed by atoms with Gasteiger partial charge in [-0.25, -0.2) is 4.98 Å². The number of halogens is 2. The van der Waals surface area contributed by atoms with Crippen LogP contribution in [0.1, 0.15) is 32.6 Å². The fraction of sp³-hybridized carbons (Fsp3) is 0.500. The molecule has 1 aromatic rings. The Hall–Kier alpha value is -2.29. The van der Waals surface area contributed by atoms with Crippen LogP contribution in [0.5, 0.6) is 0 Å². The second-order valence-electron chi connectivity index (χ2n) is 7.38. The largest absolute Gasteiger partial charge is 0.405 e. The molecule has 3 rings (SSSR count). The number of carbonyl (C=O) groups is 2. The number of nitrogens with two attached hydrogens (primary N) is 1. The molecule has 2 amide bonds. The van der Waals surface area contributed by atoms with Crippen LogP contribution in [0.4, 0.5) is 10.2 Å². The molecular weight excluding hydrogens is 441 g/mol. The van der Waals surface area contributed by atoms with E-state index in [2.05, 4.69) is 36.5 Å². The van der Waals surface area contributed by atoms with Crippen LogP contribution in [0.25, 0.3) is 0 Å². The van der Waals surface area contributed by atoms with Gasteiger partial charge in [-0.15, -0.1) is 0 Å². The van der Waals surface area contributed by atoms with Gasteiger partial charge in [0, 0.05) is 6.54 Å². The van der Waals surface area contributed by atoms with Crippen LogP contribution in [0.15, 0.2) is 33.9 Å². The zero-order chi connectivity index (χ0) is 21.0. The van der Waals surface area contributed by atoms with Crippen molar-refractivity contribution in [1.82, 2.24) is 10.3 Å². The number of aliphatic imine (C=N–C) groups is 1. The van der Waals surface area contributed by atoms with Crippen LogP contribution in [0.3, 0.4) is 0 Å². The highest BCUT2D eigenvalue weighted by atomic mass is 79.9. The van der Waals surface area contributed by atoms with E-state index in [1.807, 2.05) is 6.92 Å². The van der Waals surface area contributed by atoms with Crippen molar-refractivity contribution in [2.24, 2.45) is 28.5 Å². The van der Waals surface area contributed by atoms with Gasteiger partial charge in [-0.05, 0) is 90.7 Å². The van der Waals surface area contributed by atoms with Crippen molar-refractivity contribution in [3.8, 4) is 0 Å². The quantitative estimate of drug-likeness (QED) is 0.384. The molecule has 4 N–H and O–H groups in total. The van der Waals surface area contributed by atoms with E-state index in [4.69, 9.17) is 5.73 Å². The van der Waals surface area contributed by atoms with Gasteiger partial charge in [0.25, 0.3) is 5.91 Å². The van der Waals surface area contributed by atoms with Gasteiger partial charge in [0.2, 0.25) is 11.9 Å². The van der Waals surface area contributed by atoms with Gasteiger partial charge in [0.15, 0.2) is 0 Å². The maximum Gasteiger partial charge on any atom is 0.270 e. The number of amides is 2. The summed E-state index contributed by atoms with van der Waals surface area (Å²) >= 11 is 3.04. The van der Waals surface area contributed by atoms with Crippen molar-refractivity contribution in [2.45, 2.75) is 38.6 Å². The molecule has 7 nitrogen and oxygen atoms in total. The van der Waals surface area contributed by atoms with E-state index in [1.54, 1.807) is 0 Å². The topological polar surface area (TPSA) is 109 Å². The van der Waals surface area contributed by atoms with Crippen molar-refractivity contribution < 1.29 is 14.0 Å². The minimum atomic E-state index is -0.746. The maximum atomic E-state index is 13.7. The molecule has 9 heteroatoms. The Balaban J connectivity index is 1.82. The number of hydrogen-bond donors (Lipinski definition) is 3. The van der Waals surface area contributed by atoms with Crippen LogP contribution >= 0.6 is 15.9 Å². The SMILES string of the molecule is CCN=C(C=CN)C(=O)N[C@H](C(=O)Nc1ccc(Br)c(F)n1)C(C1CC1)C1CC1. The molecule has 0 bridgehead atoms. The summed E-state index contributed by atoms with van der Waals surface area (Å²) in [7, 11) is 0. The summed E-state index contributed by atoms with van der Waals surface area (Å²) in [5.41, 5.74) is 5.60. The van der Waals surface area contributed by atoms with E-state index in [0.29, 0.717) is 18.4 Å². The number of carbonyl (C=O) groups excluding carboxylic acids is 2. The third kappa shape index (κ3) is 5.62. The normalized spacial score (nSPS) is 18.1. The maximum absolute atomic E-state index is 13.7. The number of nitrogens with one attached hydrogen (secondary N) is 2. The molecule has 0 spiro atoms. The third-order valence-electron chi connectivity index (χ3n) is 5.16. The van der Waals surface area contributed by atoms with E-state index in [1.165, 1.54) is 24.4 Å². The van der Waals surface area contributed by atoms with Crippen molar-refractivity contribution >= 4 is 39.3 Å². The Bertz CT molecular complexity index is 824. The van der Waals surface area contributed by atoms with Crippen molar-refractivity contribution in [3.63, 3.8) is 0 Å². The van der Waals surface area contributed by atoms with E-state index in [9.17, 15) is 14.0 Å². The number of aromatic nitrogens is 1. The Morgan fingerprint density at radius 3 is 2.52 bits per heavy atom. The summed E-state index contributed by atoms with van der Waals surface area (Å²) in [4.78, 5) is 33.8. The van der Waals surface area contributed by atoms with E-state index < -0.39 is 23.8 Å². The van der Waals surface area contributed by atoms with Crippen molar-refractivity contribution in [3.05, 3.63) is 34.8 Å². The third-order valence-corrected chi connectivity index (χ3v) is 5.75. The van der Waals surface area contributed by atoms with E-state index in [-0.39, 0.29) is 21.9 Å². The fourth-order valence-electron chi connectivity index (χ4n) is 3.60. The van der Waals surface area contributed by atoms with Gasteiger partial charge in [-0.2, -0.15) is 4.39 Å². The molecule has 1 heterocycles. The van der Waals surface area contributed by atoms with Crippen molar-refractivity contribution in [2.75, 3.05) is 11.9 Å². The number of nitrogens with zero attached hydrogens (tertiary/aromatic N) is 2. The molecule has 1 aromatic heterocycles. The molecule has 0 aliphatic heterocycles. The summed E-state index contributed by atoms with van der Waals surface area (Å²) in [6, 6.07) is 2.24. The molecule has 29 heavy (non-hydrogen) atoms. The van der Waals surface area contributed by atoms with Crippen LogP contribution in [-0.2, 0) is 9.59 Å². The first-order valence-corrected chi connectivity index (χ1v) is 10.6. The van der Waals surface area contributed by atoms with Gasteiger partial charge in [-0.3, -0.25) is 14.6 Å². The molecule has 0 radical (unpaired) electrons. The highest BCUT2D eigenvalue weighted by molar-refractivity contribution is 9.10. The fourth-order valence-corrected chi connectivity index (χ4v) is 3.82. The lowest BCUT2D eigenvalue weighted by Gasteiger charge is -2.27. The van der Waals surface area contributed by atoms with Crippen LogP contribution in [-0.4, -0.2) is 35.1 Å². The Kier molecular flexibility index (Phi) is 7.00. The van der Waals surface area contributed by atoms with Crippen LogP contribution in [0, 0.1) is 23.7 Å². The molecular formula is C20H25BrFN5O2. The molecule has 2 fully saturated rings. The Labute approximate surface area is 177 Å². The average molecular weight is 466 g/mol. The molecule has 0 saturated heterocycles. The molecule has 2 saturated carbocycles. The van der Waals surface area contributed by atoms with E-state index >= 15 is 0 Å². The van der Waals surface area contributed by atoms with E-state index in [0.717, 1.165) is 25.7 Å². The van der Waals surface area contributed by atoms with Crippen molar-refractivity contribution in [1.29, 1.82) is 0 Å². The number of anilines is 1. The van der Waals surface area contributed by atoms with Gasteiger partial charge in [0.05, 0.1) is 4.47 Å². The Morgan fingerprint density at radius 1 is 1.34 bits per heavy atom. The lowest BCUT2D eigenvalue weighted by atomic mass is 9.88. The number of rotatable bonds is 9. The highest BCUT2D eigenvalue weighted by Gasteiger charge is 2.48. The van der Waals surface area contributed by atoms with Gasteiger partial charge in [0.1, 0.15) is 17.6 Å². The number of hydrogen-bond acceptors (Lipinski definition) is 5. The highest BCUT2D eigenvalue weighted by Crippen LogP contribution is 2.50. The minimum Gasteiger partial charge on any atom is -0.405 e. The average Bonchev–Trinajstić information content (AvgIpc) is 3.58. The lowest BCUT2D eigenvalue weighted by molar-refractivity contribution is -0.124. The first kappa shape index (κ1) is 21.4. The smallest absolute Gasteiger partial charge is 0.270 e. The second kappa shape index (κ2) is 9.47. The molecule has 2 aliphatic carbocycles. The monoisotopic (exact) mass is 465 g/mol. The summed E-state index contributed by atoms with van der Waals surface area (Å²) in [5.74, 6) is -0.600. The summed E-state index contributed by atoms with van der Waals surface area (Å²) in [6.07, 6.45) is 6.85. The summed E-state index contributed by atoms with van der Waals surface area (Å²) in [5, 5.41) is 5.51. The predicted molar refractivity (Wildman–Crippen MR) is 113 cm³/mol. The first-order valence-electron chi connectivity index (χ1n) is 9.81. The summed E-state index contributed by atoms with van der Waals surface area (Å²) < 4.78 is 13.9. The predicted octanol–water partition coefficient (Wildman–Crippen LogP) is 2.78. The van der Waals surface area contributed by atoms with Gasteiger partial charge in [-0.1, -0.05) is 0 Å². The van der Waals surface area contributed by atoms with Crippen LogP contribution in [0.2, 0.25) is 0 Å². The number of pyridine rings is 1. The van der Waals surface area contributed by atoms with Gasteiger partial charge < -0.3 is 16.4 Å². The second-order valence-corrected chi connectivity index (χ2v) is 8.23. The molecule has 156 valence electrons. The lowest BCUT2D eigenvalue weighted by Crippen LogP contribution is -2.51. The molecule has 2 aliphatic rings. The molecule has 0 aromatic carbocycles. The van der Waals surface area contributed by atoms with Gasteiger partial charge >= 0.3 is 0 Å².